The molecule has 0 radical (unpaired) electrons. The van der Waals surface area contributed by atoms with Crippen molar-refractivity contribution in [3.05, 3.63) is 28.2 Å². The first kappa shape index (κ1) is 16.1. The van der Waals surface area contributed by atoms with E-state index in [9.17, 15) is 4.79 Å². The Hall–Kier alpha value is -1.26. The molecule has 0 fully saturated rings. The zero-order valence-electron chi connectivity index (χ0n) is 12.0. The van der Waals surface area contributed by atoms with Crippen LogP contribution in [0.25, 0.3) is 0 Å². The summed E-state index contributed by atoms with van der Waals surface area (Å²) in [5, 5.41) is 10.1. The lowest BCUT2D eigenvalue weighted by molar-refractivity contribution is -0.119. The Bertz CT molecular complexity index is 546. The lowest BCUT2D eigenvalue weighted by Gasteiger charge is -2.13. The van der Waals surface area contributed by atoms with Gasteiger partial charge in [0.15, 0.2) is 0 Å². The Morgan fingerprint density at radius 2 is 2.14 bits per heavy atom. The molecule has 6 heteroatoms. The molecule has 4 nitrogen and oxygen atoms in total. The van der Waals surface area contributed by atoms with E-state index in [4.69, 9.17) is 23.2 Å². The van der Waals surface area contributed by atoms with Gasteiger partial charge in [0.05, 0.1) is 15.7 Å². The number of hydrazone groups is 1. The molecule has 0 unspecified atom stereocenters. The van der Waals surface area contributed by atoms with Crippen molar-refractivity contribution < 1.29 is 4.79 Å². The number of unbranched alkanes of at least 4 members (excludes halogenated alkanes) is 2. The zero-order chi connectivity index (χ0) is 15.2. The summed E-state index contributed by atoms with van der Waals surface area (Å²) in [4.78, 5) is 11.8. The fourth-order valence-electron chi connectivity index (χ4n) is 2.14. The van der Waals surface area contributed by atoms with Crippen molar-refractivity contribution >= 4 is 40.6 Å². The molecule has 1 amide bonds. The average Bonchev–Trinajstić information content (AvgIpc) is 2.90. The van der Waals surface area contributed by atoms with Gasteiger partial charge in [-0.3, -0.25) is 9.80 Å². The Balaban J connectivity index is 1.92. The largest absolute Gasteiger partial charge is 0.313 e. The summed E-state index contributed by atoms with van der Waals surface area (Å²) in [6, 6.07) is 5.39. The number of nitrogens with zero attached hydrogens (tertiary/aromatic N) is 2. The second kappa shape index (κ2) is 7.66. The molecule has 0 saturated heterocycles. The van der Waals surface area contributed by atoms with Gasteiger partial charge in [-0.25, -0.2) is 0 Å². The number of anilines is 1. The molecule has 0 atom stereocenters. The normalized spacial score (nSPS) is 14.2. The smallest absolute Gasteiger partial charge is 0.225 e. The number of carbonyl (C=O) groups excluding carboxylic acids is 1. The van der Waals surface area contributed by atoms with E-state index < -0.39 is 0 Å². The Kier molecular flexibility index (Phi) is 5.88. The topological polar surface area (TPSA) is 44.7 Å². The second-order valence-corrected chi connectivity index (χ2v) is 5.84. The summed E-state index contributed by atoms with van der Waals surface area (Å²) in [6.45, 7) is 2.84. The van der Waals surface area contributed by atoms with Crippen LogP contribution in [0.1, 0.15) is 39.0 Å². The van der Waals surface area contributed by atoms with E-state index in [0.29, 0.717) is 22.3 Å². The predicted molar refractivity (Wildman–Crippen MR) is 88.1 cm³/mol. The summed E-state index contributed by atoms with van der Waals surface area (Å²) >= 11 is 11.9. The van der Waals surface area contributed by atoms with Crippen LogP contribution in [0.15, 0.2) is 23.3 Å². The quantitative estimate of drug-likeness (QED) is 0.823. The van der Waals surface area contributed by atoms with Gasteiger partial charge in [0.2, 0.25) is 5.91 Å². The van der Waals surface area contributed by atoms with E-state index in [2.05, 4.69) is 17.3 Å². The van der Waals surface area contributed by atoms with Gasteiger partial charge in [0.25, 0.3) is 0 Å². The first-order chi connectivity index (χ1) is 10.1. The maximum atomic E-state index is 11.8. The van der Waals surface area contributed by atoms with E-state index >= 15 is 0 Å². The average molecular weight is 328 g/mol. The Labute approximate surface area is 135 Å². The van der Waals surface area contributed by atoms with Crippen molar-refractivity contribution in [2.24, 2.45) is 5.10 Å². The second-order valence-electron chi connectivity index (χ2n) is 5.02. The summed E-state index contributed by atoms with van der Waals surface area (Å²) in [5.41, 5.74) is 0.875. The number of benzene rings is 1. The van der Waals surface area contributed by atoms with Gasteiger partial charge < -0.3 is 5.32 Å². The van der Waals surface area contributed by atoms with E-state index in [1.54, 1.807) is 12.1 Å². The summed E-state index contributed by atoms with van der Waals surface area (Å²) in [6.07, 6.45) is 4.39. The van der Waals surface area contributed by atoms with Crippen LogP contribution in [0, 0.1) is 0 Å². The molecule has 114 valence electrons. The van der Waals surface area contributed by atoms with Crippen LogP contribution in [0.5, 0.6) is 0 Å². The maximum Gasteiger partial charge on any atom is 0.225 e. The molecule has 21 heavy (non-hydrogen) atoms. The SMILES string of the molecule is CCCCCC(=O)NC1=NN(c2ccc(Cl)c(Cl)c2)CC1. The predicted octanol–water partition coefficient (Wildman–Crippen LogP) is 4.21. The molecule has 0 aliphatic carbocycles. The Morgan fingerprint density at radius 1 is 1.33 bits per heavy atom. The van der Waals surface area contributed by atoms with Gasteiger partial charge in [0, 0.05) is 19.4 Å². The fraction of sp³-hybridized carbons (Fsp3) is 0.467. The van der Waals surface area contributed by atoms with Crippen LogP contribution in [0.3, 0.4) is 0 Å². The van der Waals surface area contributed by atoms with E-state index in [-0.39, 0.29) is 5.91 Å². The third-order valence-electron chi connectivity index (χ3n) is 3.29. The van der Waals surface area contributed by atoms with Crippen LogP contribution >= 0.6 is 23.2 Å². The van der Waals surface area contributed by atoms with Gasteiger partial charge in [0.1, 0.15) is 5.84 Å². The van der Waals surface area contributed by atoms with Crippen molar-refractivity contribution in [1.29, 1.82) is 0 Å². The minimum atomic E-state index is 0.0400. The highest BCUT2D eigenvalue weighted by atomic mass is 35.5. The molecule has 0 saturated carbocycles. The lowest BCUT2D eigenvalue weighted by atomic mass is 10.2. The Morgan fingerprint density at radius 3 is 2.86 bits per heavy atom. The van der Waals surface area contributed by atoms with E-state index in [1.807, 2.05) is 11.1 Å². The molecule has 2 rings (SSSR count). The minimum absolute atomic E-state index is 0.0400. The number of amidine groups is 1. The molecule has 1 aliphatic heterocycles. The molecule has 0 aromatic heterocycles. The highest BCUT2D eigenvalue weighted by Crippen LogP contribution is 2.28. The summed E-state index contributed by atoms with van der Waals surface area (Å²) in [7, 11) is 0. The number of hydrogen-bond donors (Lipinski definition) is 1. The first-order valence-electron chi connectivity index (χ1n) is 7.20. The molecule has 1 heterocycles. The summed E-state index contributed by atoms with van der Waals surface area (Å²) < 4.78 is 0. The molecule has 0 bridgehead atoms. The van der Waals surface area contributed by atoms with Crippen LogP contribution < -0.4 is 10.3 Å². The number of rotatable bonds is 5. The summed E-state index contributed by atoms with van der Waals surface area (Å²) in [5.74, 6) is 0.751. The standard InChI is InChI=1S/C15H19Cl2N3O/c1-2-3-4-5-15(21)18-14-8-9-20(19-14)11-6-7-12(16)13(17)10-11/h6-7,10H,2-5,8-9H2,1H3,(H,18,19,21). The van der Waals surface area contributed by atoms with E-state index in [0.717, 1.165) is 37.9 Å². The first-order valence-corrected chi connectivity index (χ1v) is 7.95. The number of nitrogens with one attached hydrogen (secondary N) is 1. The van der Waals surface area contributed by atoms with E-state index in [1.165, 1.54) is 0 Å². The van der Waals surface area contributed by atoms with Crippen molar-refractivity contribution in [2.45, 2.75) is 39.0 Å². The molecule has 1 aromatic rings. The van der Waals surface area contributed by atoms with Crippen LogP contribution in [-0.4, -0.2) is 18.3 Å². The fourth-order valence-corrected chi connectivity index (χ4v) is 2.43. The third-order valence-corrected chi connectivity index (χ3v) is 4.03. The van der Waals surface area contributed by atoms with Crippen LogP contribution in [0.2, 0.25) is 10.0 Å². The molecule has 1 aliphatic rings. The monoisotopic (exact) mass is 327 g/mol. The van der Waals surface area contributed by atoms with Gasteiger partial charge in [-0.05, 0) is 24.6 Å². The molecule has 1 aromatic carbocycles. The van der Waals surface area contributed by atoms with Crippen molar-refractivity contribution in [2.75, 3.05) is 11.6 Å². The molecule has 0 spiro atoms. The zero-order valence-corrected chi connectivity index (χ0v) is 13.5. The van der Waals surface area contributed by atoms with Crippen molar-refractivity contribution in [3.8, 4) is 0 Å². The van der Waals surface area contributed by atoms with Crippen molar-refractivity contribution in [1.82, 2.24) is 5.32 Å². The molecular weight excluding hydrogens is 309 g/mol. The third kappa shape index (κ3) is 4.61. The van der Waals surface area contributed by atoms with Gasteiger partial charge in [-0.1, -0.05) is 43.0 Å². The molecular formula is C15H19Cl2N3O. The number of carbonyl (C=O) groups is 1. The maximum absolute atomic E-state index is 11.8. The lowest BCUT2D eigenvalue weighted by Crippen LogP contribution is -2.29. The van der Waals surface area contributed by atoms with Crippen LogP contribution in [-0.2, 0) is 4.79 Å². The van der Waals surface area contributed by atoms with Crippen LogP contribution in [0.4, 0.5) is 5.69 Å². The number of halogens is 2. The van der Waals surface area contributed by atoms with Gasteiger partial charge >= 0.3 is 0 Å². The minimum Gasteiger partial charge on any atom is -0.313 e. The highest BCUT2D eigenvalue weighted by molar-refractivity contribution is 6.42. The highest BCUT2D eigenvalue weighted by Gasteiger charge is 2.18. The van der Waals surface area contributed by atoms with Gasteiger partial charge in [-0.15, -0.1) is 0 Å². The van der Waals surface area contributed by atoms with Crippen molar-refractivity contribution in [3.63, 3.8) is 0 Å². The number of hydrogen-bond acceptors (Lipinski definition) is 3. The van der Waals surface area contributed by atoms with Gasteiger partial charge in [-0.2, -0.15) is 5.10 Å². The number of amides is 1. The molecule has 1 N–H and O–H groups in total.